The molecule has 3 N–H and O–H groups in total. The summed E-state index contributed by atoms with van der Waals surface area (Å²) in [5.41, 5.74) is 8.80. The van der Waals surface area contributed by atoms with E-state index >= 15 is 0 Å². The summed E-state index contributed by atoms with van der Waals surface area (Å²) >= 11 is 0. The van der Waals surface area contributed by atoms with Crippen molar-refractivity contribution in [2.45, 2.75) is 13.0 Å². The van der Waals surface area contributed by atoms with Gasteiger partial charge < -0.3 is 5.73 Å². The number of rotatable bonds is 2. The van der Waals surface area contributed by atoms with Gasteiger partial charge in [0.05, 0.1) is 12.2 Å². The van der Waals surface area contributed by atoms with Crippen molar-refractivity contribution in [3.05, 3.63) is 41.5 Å². The zero-order valence-corrected chi connectivity index (χ0v) is 7.81. The summed E-state index contributed by atoms with van der Waals surface area (Å²) in [6.07, 6.45) is 5.13. The Balaban J connectivity index is 2.37. The molecule has 2 heterocycles. The van der Waals surface area contributed by atoms with Crippen LogP contribution in [0.1, 0.15) is 22.9 Å². The first kappa shape index (κ1) is 8.83. The van der Waals surface area contributed by atoms with E-state index in [2.05, 4.69) is 20.4 Å². The van der Waals surface area contributed by atoms with E-state index in [-0.39, 0.29) is 6.04 Å². The van der Waals surface area contributed by atoms with Crippen LogP contribution >= 0.6 is 0 Å². The Morgan fingerprint density at radius 1 is 1.43 bits per heavy atom. The van der Waals surface area contributed by atoms with Crippen molar-refractivity contribution in [1.82, 2.24) is 20.4 Å². The third-order valence-corrected chi connectivity index (χ3v) is 2.17. The minimum absolute atomic E-state index is 0.262. The zero-order chi connectivity index (χ0) is 9.97. The molecule has 1 atom stereocenters. The van der Waals surface area contributed by atoms with Crippen LogP contribution in [-0.2, 0) is 0 Å². The lowest BCUT2D eigenvalue weighted by molar-refractivity contribution is 0.798. The Kier molecular flexibility index (Phi) is 2.24. The highest BCUT2D eigenvalue weighted by Gasteiger charge is 2.13. The summed E-state index contributed by atoms with van der Waals surface area (Å²) in [5.74, 6) is 0. The van der Waals surface area contributed by atoms with Gasteiger partial charge in [-0.05, 0) is 24.1 Å². The average molecular weight is 189 g/mol. The molecule has 5 heteroatoms. The zero-order valence-electron chi connectivity index (χ0n) is 7.81. The first-order valence-corrected chi connectivity index (χ1v) is 4.31. The minimum Gasteiger partial charge on any atom is -0.319 e. The second kappa shape index (κ2) is 3.55. The predicted molar refractivity (Wildman–Crippen MR) is 51.4 cm³/mol. The fourth-order valence-corrected chi connectivity index (χ4v) is 1.32. The van der Waals surface area contributed by atoms with Gasteiger partial charge in [0, 0.05) is 12.4 Å². The SMILES string of the molecule is Cc1ccncc1C(N)c1cn[nH]n1. The van der Waals surface area contributed by atoms with Crippen molar-refractivity contribution in [2.75, 3.05) is 0 Å². The third kappa shape index (κ3) is 1.49. The highest BCUT2D eigenvalue weighted by atomic mass is 15.3. The van der Waals surface area contributed by atoms with Crippen molar-refractivity contribution in [2.24, 2.45) is 5.73 Å². The van der Waals surface area contributed by atoms with E-state index in [1.165, 1.54) is 0 Å². The summed E-state index contributed by atoms with van der Waals surface area (Å²) in [4.78, 5) is 4.04. The maximum atomic E-state index is 6.00. The number of H-pyrrole nitrogens is 1. The summed E-state index contributed by atoms with van der Waals surface area (Å²) in [6.45, 7) is 2.00. The van der Waals surface area contributed by atoms with E-state index in [1.807, 2.05) is 13.0 Å². The highest BCUT2D eigenvalue weighted by molar-refractivity contribution is 5.29. The molecule has 0 saturated carbocycles. The van der Waals surface area contributed by atoms with Gasteiger partial charge in [-0.1, -0.05) is 0 Å². The van der Waals surface area contributed by atoms with Crippen LogP contribution in [0.3, 0.4) is 0 Å². The van der Waals surface area contributed by atoms with Crippen LogP contribution in [0, 0.1) is 6.92 Å². The van der Waals surface area contributed by atoms with Crippen LogP contribution in [0.2, 0.25) is 0 Å². The monoisotopic (exact) mass is 189 g/mol. The Labute approximate surface area is 81.4 Å². The van der Waals surface area contributed by atoms with Crippen LogP contribution in [0.15, 0.2) is 24.7 Å². The van der Waals surface area contributed by atoms with Gasteiger partial charge in [0.2, 0.25) is 0 Å². The van der Waals surface area contributed by atoms with Gasteiger partial charge in [-0.3, -0.25) is 4.98 Å². The maximum absolute atomic E-state index is 6.00. The van der Waals surface area contributed by atoms with Crippen molar-refractivity contribution < 1.29 is 0 Å². The molecule has 0 fully saturated rings. The molecule has 2 rings (SSSR count). The van der Waals surface area contributed by atoms with E-state index in [0.29, 0.717) is 0 Å². The second-order valence-electron chi connectivity index (χ2n) is 3.10. The number of aryl methyl sites for hydroxylation is 1. The van der Waals surface area contributed by atoms with Crippen LogP contribution < -0.4 is 5.73 Å². The molecule has 0 radical (unpaired) electrons. The lowest BCUT2D eigenvalue weighted by Gasteiger charge is -2.10. The van der Waals surface area contributed by atoms with Gasteiger partial charge in [0.15, 0.2) is 0 Å². The van der Waals surface area contributed by atoms with Crippen LogP contribution in [0.5, 0.6) is 0 Å². The number of aromatic nitrogens is 4. The number of nitrogens with zero attached hydrogens (tertiary/aromatic N) is 3. The number of pyridine rings is 1. The standard InChI is InChI=1S/C9H11N5/c1-6-2-3-11-4-7(6)9(10)8-5-12-14-13-8/h2-5,9H,10H2,1H3,(H,12,13,14). The molecule has 0 amide bonds. The molecule has 72 valence electrons. The van der Waals surface area contributed by atoms with E-state index in [4.69, 9.17) is 5.73 Å². The van der Waals surface area contributed by atoms with Crippen LogP contribution in [-0.4, -0.2) is 20.4 Å². The van der Waals surface area contributed by atoms with Gasteiger partial charge in [-0.25, -0.2) is 0 Å². The molecule has 5 nitrogen and oxygen atoms in total. The number of nitrogens with two attached hydrogens (primary N) is 1. The average Bonchev–Trinajstić information content (AvgIpc) is 2.70. The highest BCUT2D eigenvalue weighted by Crippen LogP contribution is 2.18. The topological polar surface area (TPSA) is 80.5 Å². The largest absolute Gasteiger partial charge is 0.319 e. The van der Waals surface area contributed by atoms with Gasteiger partial charge in [0.1, 0.15) is 5.69 Å². The van der Waals surface area contributed by atoms with Gasteiger partial charge in [-0.15, -0.1) is 0 Å². The molecule has 1 unspecified atom stereocenters. The smallest absolute Gasteiger partial charge is 0.104 e. The molecule has 0 aliphatic heterocycles. The maximum Gasteiger partial charge on any atom is 0.104 e. The fraction of sp³-hybridized carbons (Fsp3) is 0.222. The van der Waals surface area contributed by atoms with Crippen LogP contribution in [0.4, 0.5) is 0 Å². The number of aromatic amines is 1. The predicted octanol–water partition coefficient (Wildman–Crippen LogP) is 0.556. The second-order valence-corrected chi connectivity index (χ2v) is 3.10. The Hall–Kier alpha value is -1.75. The molecule has 0 bridgehead atoms. The molecular weight excluding hydrogens is 178 g/mol. The van der Waals surface area contributed by atoms with E-state index < -0.39 is 0 Å². The fourth-order valence-electron chi connectivity index (χ4n) is 1.32. The van der Waals surface area contributed by atoms with E-state index in [1.54, 1.807) is 18.6 Å². The lowest BCUT2D eigenvalue weighted by Crippen LogP contribution is -2.14. The molecule has 2 aromatic rings. The first-order chi connectivity index (χ1) is 6.79. The molecule has 14 heavy (non-hydrogen) atoms. The lowest BCUT2D eigenvalue weighted by atomic mass is 10.0. The minimum atomic E-state index is -0.262. The normalized spacial score (nSPS) is 12.7. The van der Waals surface area contributed by atoms with E-state index in [9.17, 15) is 0 Å². The van der Waals surface area contributed by atoms with Crippen molar-refractivity contribution >= 4 is 0 Å². The van der Waals surface area contributed by atoms with E-state index in [0.717, 1.165) is 16.8 Å². The summed E-state index contributed by atoms with van der Waals surface area (Å²) in [7, 11) is 0. The van der Waals surface area contributed by atoms with Crippen molar-refractivity contribution in [3.63, 3.8) is 0 Å². The summed E-state index contributed by atoms with van der Waals surface area (Å²) in [5, 5.41) is 10.2. The molecule has 0 aliphatic carbocycles. The quantitative estimate of drug-likeness (QED) is 0.723. The third-order valence-electron chi connectivity index (χ3n) is 2.17. The molecule has 2 aromatic heterocycles. The van der Waals surface area contributed by atoms with Gasteiger partial charge in [-0.2, -0.15) is 15.4 Å². The van der Waals surface area contributed by atoms with Gasteiger partial charge in [0.25, 0.3) is 0 Å². The van der Waals surface area contributed by atoms with Gasteiger partial charge >= 0.3 is 0 Å². The Morgan fingerprint density at radius 3 is 2.93 bits per heavy atom. The number of nitrogens with one attached hydrogen (secondary N) is 1. The Morgan fingerprint density at radius 2 is 2.29 bits per heavy atom. The van der Waals surface area contributed by atoms with Crippen molar-refractivity contribution in [3.8, 4) is 0 Å². The molecular formula is C9H11N5. The van der Waals surface area contributed by atoms with Crippen LogP contribution in [0.25, 0.3) is 0 Å². The molecule has 0 saturated heterocycles. The molecule has 0 aromatic carbocycles. The molecule has 0 spiro atoms. The first-order valence-electron chi connectivity index (χ1n) is 4.31. The number of hydrogen-bond donors (Lipinski definition) is 2. The van der Waals surface area contributed by atoms with Crippen molar-refractivity contribution in [1.29, 1.82) is 0 Å². The summed E-state index contributed by atoms with van der Waals surface area (Å²) < 4.78 is 0. The summed E-state index contributed by atoms with van der Waals surface area (Å²) in [6, 6.07) is 1.66. The Bertz CT molecular complexity index is 409. The molecule has 0 aliphatic rings. The number of hydrogen-bond acceptors (Lipinski definition) is 4.